The van der Waals surface area contributed by atoms with Crippen molar-refractivity contribution in [3.05, 3.63) is 71.8 Å². The lowest BCUT2D eigenvalue weighted by Crippen LogP contribution is -2.44. The van der Waals surface area contributed by atoms with E-state index in [1.54, 1.807) is 54.2 Å². The number of amides is 2. The minimum Gasteiger partial charge on any atom is -0.497 e. The molecule has 1 fully saturated rings. The van der Waals surface area contributed by atoms with Crippen LogP contribution in [-0.2, 0) is 21.7 Å². The molecule has 2 heterocycles. The Kier molecular flexibility index (Phi) is 7.05. The molecule has 0 unspecified atom stereocenters. The molecule has 1 saturated heterocycles. The van der Waals surface area contributed by atoms with Crippen LogP contribution in [0.15, 0.2) is 60.7 Å². The Labute approximate surface area is 200 Å². The average Bonchev–Trinajstić information content (AvgIpc) is 3.42. The van der Waals surface area contributed by atoms with Crippen LogP contribution in [0.5, 0.6) is 5.75 Å². The van der Waals surface area contributed by atoms with E-state index in [9.17, 15) is 19.8 Å². The second kappa shape index (κ2) is 9.99. The number of fused-ring (bicyclic) bond motifs is 1. The van der Waals surface area contributed by atoms with Crippen LogP contribution in [0.1, 0.15) is 37.3 Å². The Balaban J connectivity index is 1.57. The molecule has 0 spiro atoms. The second-order valence-electron chi connectivity index (χ2n) is 9.01. The van der Waals surface area contributed by atoms with E-state index >= 15 is 0 Å². The standard InChI is InChI=1S/C27H32N2O5/c1-19(8-6-12-25(31)28-15-7-11-21(28)18-30)27(33)23-16-22(34-2)13-14-24(23)29(26(27)32)17-20-9-4-3-5-10-20/h3-6,8-10,13-14,16,19,21,30,33H,7,11-12,15,17-18H2,1-2H3/b8-6+/t19-,21-,27+/m0/s1. The summed E-state index contributed by atoms with van der Waals surface area (Å²) in [5.74, 6) is -0.478. The van der Waals surface area contributed by atoms with E-state index in [0.717, 1.165) is 18.4 Å². The van der Waals surface area contributed by atoms with Gasteiger partial charge in [-0.25, -0.2) is 0 Å². The van der Waals surface area contributed by atoms with Crippen molar-refractivity contribution in [2.45, 2.75) is 44.4 Å². The van der Waals surface area contributed by atoms with Crippen molar-refractivity contribution in [2.75, 3.05) is 25.2 Å². The lowest BCUT2D eigenvalue weighted by Gasteiger charge is -2.28. The molecule has 0 aliphatic carbocycles. The highest BCUT2D eigenvalue weighted by Crippen LogP contribution is 2.47. The van der Waals surface area contributed by atoms with E-state index in [0.29, 0.717) is 30.1 Å². The van der Waals surface area contributed by atoms with Crippen molar-refractivity contribution >= 4 is 17.5 Å². The summed E-state index contributed by atoms with van der Waals surface area (Å²) < 4.78 is 5.36. The minimum atomic E-state index is -1.78. The van der Waals surface area contributed by atoms with Gasteiger partial charge in [0.15, 0.2) is 5.60 Å². The van der Waals surface area contributed by atoms with Gasteiger partial charge in [0.2, 0.25) is 5.91 Å². The van der Waals surface area contributed by atoms with Crippen LogP contribution < -0.4 is 9.64 Å². The summed E-state index contributed by atoms with van der Waals surface area (Å²) in [6.45, 7) is 2.74. The number of hydrogen-bond donors (Lipinski definition) is 2. The predicted octanol–water partition coefficient (Wildman–Crippen LogP) is 3.00. The molecule has 0 saturated carbocycles. The molecular weight excluding hydrogens is 432 g/mol. The Bertz CT molecular complexity index is 1070. The fourth-order valence-corrected chi connectivity index (χ4v) is 4.96. The van der Waals surface area contributed by atoms with E-state index in [4.69, 9.17) is 4.74 Å². The molecule has 3 atom stereocenters. The maximum atomic E-state index is 13.6. The molecule has 0 bridgehead atoms. The predicted molar refractivity (Wildman–Crippen MR) is 129 cm³/mol. The fraction of sp³-hybridized carbons (Fsp3) is 0.407. The SMILES string of the molecule is COc1ccc2c(c1)[C@](O)([C@@H](C)/C=C/CC(=O)N1CCC[C@H]1CO)C(=O)N2Cc1ccccc1. The summed E-state index contributed by atoms with van der Waals surface area (Å²) in [6, 6.07) is 14.8. The topological polar surface area (TPSA) is 90.3 Å². The third kappa shape index (κ3) is 4.33. The lowest BCUT2D eigenvalue weighted by molar-refractivity contribution is -0.139. The number of carbonyl (C=O) groups excluding carboxylic acids is 2. The molecule has 0 aromatic heterocycles. The fourth-order valence-electron chi connectivity index (χ4n) is 4.96. The number of carbonyl (C=O) groups is 2. The van der Waals surface area contributed by atoms with Crippen molar-refractivity contribution in [3.63, 3.8) is 0 Å². The number of likely N-dealkylation sites (tertiary alicyclic amines) is 1. The number of methoxy groups -OCH3 is 1. The summed E-state index contributed by atoms with van der Waals surface area (Å²) in [6.07, 6.45) is 5.30. The molecule has 2 aliphatic heterocycles. The highest BCUT2D eigenvalue weighted by Gasteiger charge is 2.52. The minimum absolute atomic E-state index is 0.0318. The van der Waals surface area contributed by atoms with Crippen LogP contribution in [0.4, 0.5) is 5.69 Å². The van der Waals surface area contributed by atoms with Crippen molar-refractivity contribution in [1.29, 1.82) is 0 Å². The molecule has 7 nitrogen and oxygen atoms in total. The molecule has 2 aromatic carbocycles. The Morgan fingerprint density at radius 3 is 2.74 bits per heavy atom. The van der Waals surface area contributed by atoms with Crippen molar-refractivity contribution in [2.24, 2.45) is 5.92 Å². The van der Waals surface area contributed by atoms with Crippen LogP contribution in [0, 0.1) is 5.92 Å². The molecule has 2 aromatic rings. The molecule has 7 heteroatoms. The zero-order chi connectivity index (χ0) is 24.3. The maximum Gasteiger partial charge on any atom is 0.264 e. The summed E-state index contributed by atoms with van der Waals surface area (Å²) in [7, 11) is 1.55. The highest BCUT2D eigenvalue weighted by atomic mass is 16.5. The third-order valence-electron chi connectivity index (χ3n) is 6.94. The van der Waals surface area contributed by atoms with Gasteiger partial charge in [-0.3, -0.25) is 9.59 Å². The van der Waals surface area contributed by atoms with Gasteiger partial charge < -0.3 is 24.7 Å². The Hall–Kier alpha value is -3.16. The highest BCUT2D eigenvalue weighted by molar-refractivity contribution is 6.07. The van der Waals surface area contributed by atoms with E-state index in [-0.39, 0.29) is 25.0 Å². The Morgan fingerprint density at radius 2 is 2.03 bits per heavy atom. The van der Waals surface area contributed by atoms with Gasteiger partial charge in [0.05, 0.1) is 32.0 Å². The average molecular weight is 465 g/mol. The number of aliphatic hydroxyl groups excluding tert-OH is 1. The van der Waals surface area contributed by atoms with Gasteiger partial charge in [0.1, 0.15) is 5.75 Å². The van der Waals surface area contributed by atoms with Crippen molar-refractivity contribution in [1.82, 2.24) is 4.90 Å². The zero-order valence-corrected chi connectivity index (χ0v) is 19.7. The summed E-state index contributed by atoms with van der Waals surface area (Å²) in [5, 5.41) is 21.3. The van der Waals surface area contributed by atoms with E-state index in [2.05, 4.69) is 0 Å². The van der Waals surface area contributed by atoms with Gasteiger partial charge in [-0.05, 0) is 36.6 Å². The van der Waals surface area contributed by atoms with Gasteiger partial charge in [-0.15, -0.1) is 0 Å². The normalized spacial score (nSPS) is 22.9. The van der Waals surface area contributed by atoms with E-state index < -0.39 is 17.4 Å². The van der Waals surface area contributed by atoms with Crippen LogP contribution in [0.25, 0.3) is 0 Å². The molecule has 34 heavy (non-hydrogen) atoms. The molecule has 180 valence electrons. The number of ether oxygens (including phenoxy) is 1. The van der Waals surface area contributed by atoms with Crippen molar-refractivity contribution < 1.29 is 24.5 Å². The lowest BCUT2D eigenvalue weighted by atomic mass is 9.83. The molecular formula is C27H32N2O5. The van der Waals surface area contributed by atoms with Gasteiger partial charge in [0.25, 0.3) is 5.91 Å². The number of anilines is 1. The van der Waals surface area contributed by atoms with Gasteiger partial charge in [-0.1, -0.05) is 49.4 Å². The quantitative estimate of drug-likeness (QED) is 0.586. The number of benzene rings is 2. The van der Waals surface area contributed by atoms with Crippen LogP contribution in [0.2, 0.25) is 0 Å². The van der Waals surface area contributed by atoms with Crippen LogP contribution >= 0.6 is 0 Å². The van der Waals surface area contributed by atoms with E-state index in [1.807, 2.05) is 30.3 Å². The van der Waals surface area contributed by atoms with Crippen LogP contribution in [-0.4, -0.2) is 53.2 Å². The zero-order valence-electron chi connectivity index (χ0n) is 19.7. The first-order chi connectivity index (χ1) is 16.4. The van der Waals surface area contributed by atoms with Gasteiger partial charge in [-0.2, -0.15) is 0 Å². The first-order valence-electron chi connectivity index (χ1n) is 11.7. The monoisotopic (exact) mass is 464 g/mol. The van der Waals surface area contributed by atoms with E-state index in [1.165, 1.54) is 0 Å². The number of nitrogens with zero attached hydrogens (tertiary/aromatic N) is 2. The number of aliphatic hydroxyl groups is 2. The molecule has 0 radical (unpaired) electrons. The molecule has 2 amide bonds. The first kappa shape index (κ1) is 24.0. The number of rotatable bonds is 8. The maximum absolute atomic E-state index is 13.6. The van der Waals surface area contributed by atoms with Gasteiger partial charge >= 0.3 is 0 Å². The first-order valence-corrected chi connectivity index (χ1v) is 11.7. The molecule has 2 aliphatic rings. The summed E-state index contributed by atoms with van der Waals surface area (Å²) in [4.78, 5) is 29.5. The number of hydrogen-bond acceptors (Lipinski definition) is 5. The Morgan fingerprint density at radius 1 is 1.26 bits per heavy atom. The van der Waals surface area contributed by atoms with Crippen molar-refractivity contribution in [3.8, 4) is 5.75 Å². The smallest absolute Gasteiger partial charge is 0.264 e. The third-order valence-corrected chi connectivity index (χ3v) is 6.94. The second-order valence-corrected chi connectivity index (χ2v) is 9.01. The molecule has 4 rings (SSSR count). The summed E-state index contributed by atoms with van der Waals surface area (Å²) >= 11 is 0. The largest absolute Gasteiger partial charge is 0.497 e. The summed E-state index contributed by atoms with van der Waals surface area (Å²) in [5.41, 5.74) is 0.326. The molecule has 2 N–H and O–H groups in total. The van der Waals surface area contributed by atoms with Gasteiger partial charge in [0, 0.05) is 24.4 Å². The van der Waals surface area contributed by atoms with Crippen LogP contribution in [0.3, 0.4) is 0 Å².